The Kier molecular flexibility index (Phi) is 6.91. The van der Waals surface area contributed by atoms with Crippen molar-refractivity contribution in [2.45, 2.75) is 32.2 Å². The molecule has 1 fully saturated rings. The smallest absolute Gasteiger partial charge is 0.241 e. The van der Waals surface area contributed by atoms with Gasteiger partial charge < -0.3 is 10.2 Å². The van der Waals surface area contributed by atoms with Crippen LogP contribution in [0.4, 0.5) is 11.4 Å². The number of nitrogens with one attached hydrogen (secondary N) is 2. The first-order valence-electron chi connectivity index (χ1n) is 9.61. The predicted molar refractivity (Wildman–Crippen MR) is 110 cm³/mol. The Balaban J connectivity index is 1.42. The number of hydrogen-bond acceptors (Lipinski definition) is 5. The Hall–Kier alpha value is -2.55. The molecule has 0 bridgehead atoms. The maximum absolute atomic E-state index is 12.2. The molecule has 0 radical (unpaired) electrons. The van der Waals surface area contributed by atoms with Gasteiger partial charge in [0, 0.05) is 49.9 Å². The van der Waals surface area contributed by atoms with Crippen molar-refractivity contribution in [3.63, 3.8) is 0 Å². The van der Waals surface area contributed by atoms with E-state index in [2.05, 4.69) is 20.0 Å². The minimum absolute atomic E-state index is 0.402. The van der Waals surface area contributed by atoms with E-state index in [1.807, 2.05) is 24.4 Å². The van der Waals surface area contributed by atoms with Crippen molar-refractivity contribution in [1.82, 2.24) is 15.1 Å². The molecule has 3 rings (SSSR count). The second-order valence-electron chi connectivity index (χ2n) is 6.93. The van der Waals surface area contributed by atoms with E-state index in [0.717, 1.165) is 18.8 Å². The van der Waals surface area contributed by atoms with Crippen LogP contribution >= 0.6 is 0 Å². The molecular weight excluding hydrogens is 378 g/mol. The maximum atomic E-state index is 12.2. The van der Waals surface area contributed by atoms with Crippen LogP contribution in [-0.2, 0) is 21.4 Å². The van der Waals surface area contributed by atoms with Crippen LogP contribution in [0.15, 0.2) is 42.7 Å². The molecule has 9 heteroatoms. The summed E-state index contributed by atoms with van der Waals surface area (Å²) in [4.78, 5) is 14.2. The van der Waals surface area contributed by atoms with E-state index >= 15 is 0 Å². The van der Waals surface area contributed by atoms with Crippen molar-refractivity contribution in [2.75, 3.05) is 35.0 Å². The zero-order chi connectivity index (χ0) is 19.8. The van der Waals surface area contributed by atoms with E-state index in [1.165, 1.54) is 19.3 Å². The molecular formula is C19H27N5O3S. The summed E-state index contributed by atoms with van der Waals surface area (Å²) in [5, 5.41) is 6.70. The van der Waals surface area contributed by atoms with Gasteiger partial charge in [-0.3, -0.25) is 14.2 Å². The van der Waals surface area contributed by atoms with Crippen LogP contribution < -0.4 is 14.9 Å². The molecule has 8 nitrogen and oxygen atoms in total. The van der Waals surface area contributed by atoms with Crippen molar-refractivity contribution in [3.8, 4) is 0 Å². The SMILES string of the molecule is O=C(CS(=O)(=O)Nc1ccc(N2CCCCC2)cc1)NCCCn1cccn1. The highest BCUT2D eigenvalue weighted by atomic mass is 32.2. The van der Waals surface area contributed by atoms with Gasteiger partial charge in [-0.1, -0.05) is 0 Å². The van der Waals surface area contributed by atoms with Gasteiger partial charge in [-0.05, 0) is 56.0 Å². The lowest BCUT2D eigenvalue weighted by molar-refractivity contribution is -0.118. The Morgan fingerprint density at radius 2 is 1.86 bits per heavy atom. The van der Waals surface area contributed by atoms with E-state index in [1.54, 1.807) is 23.0 Å². The lowest BCUT2D eigenvalue weighted by Gasteiger charge is -2.28. The average Bonchev–Trinajstić information content (AvgIpc) is 3.19. The molecule has 2 N–H and O–H groups in total. The van der Waals surface area contributed by atoms with E-state index < -0.39 is 21.7 Å². The van der Waals surface area contributed by atoms with Crippen LogP contribution in [0.25, 0.3) is 0 Å². The van der Waals surface area contributed by atoms with Crippen LogP contribution in [0.1, 0.15) is 25.7 Å². The Morgan fingerprint density at radius 3 is 2.54 bits per heavy atom. The first-order valence-corrected chi connectivity index (χ1v) is 11.3. The largest absolute Gasteiger partial charge is 0.372 e. The minimum Gasteiger partial charge on any atom is -0.372 e. The summed E-state index contributed by atoms with van der Waals surface area (Å²) < 4.78 is 28.7. The Labute approximate surface area is 166 Å². The van der Waals surface area contributed by atoms with Gasteiger partial charge in [0.25, 0.3) is 0 Å². The molecule has 28 heavy (non-hydrogen) atoms. The number of aryl methyl sites for hydroxylation is 1. The van der Waals surface area contributed by atoms with Gasteiger partial charge in [0.2, 0.25) is 15.9 Å². The summed E-state index contributed by atoms with van der Waals surface area (Å²) in [5.74, 6) is -1.11. The molecule has 1 saturated heterocycles. The predicted octanol–water partition coefficient (Wildman–Crippen LogP) is 1.82. The molecule has 1 aliphatic rings. The molecule has 2 aromatic rings. The lowest BCUT2D eigenvalue weighted by atomic mass is 10.1. The van der Waals surface area contributed by atoms with Crippen molar-refractivity contribution in [1.29, 1.82) is 0 Å². The van der Waals surface area contributed by atoms with Crippen LogP contribution in [0.5, 0.6) is 0 Å². The molecule has 0 aliphatic carbocycles. The van der Waals surface area contributed by atoms with Crippen LogP contribution in [0.3, 0.4) is 0 Å². The van der Waals surface area contributed by atoms with Crippen molar-refractivity contribution >= 4 is 27.3 Å². The normalized spacial score (nSPS) is 14.6. The highest BCUT2D eigenvalue weighted by molar-refractivity contribution is 7.93. The number of hydrogen-bond donors (Lipinski definition) is 2. The maximum Gasteiger partial charge on any atom is 0.241 e. The lowest BCUT2D eigenvalue weighted by Crippen LogP contribution is -2.33. The number of benzene rings is 1. The van der Waals surface area contributed by atoms with Gasteiger partial charge in [-0.25, -0.2) is 8.42 Å². The quantitative estimate of drug-likeness (QED) is 0.621. The summed E-state index contributed by atoms with van der Waals surface area (Å²) in [6, 6.07) is 9.14. The molecule has 2 heterocycles. The van der Waals surface area contributed by atoms with Crippen molar-refractivity contribution in [2.24, 2.45) is 0 Å². The van der Waals surface area contributed by atoms with Crippen LogP contribution in [0, 0.1) is 0 Å². The second-order valence-corrected chi connectivity index (χ2v) is 8.65. The molecule has 0 atom stereocenters. The number of rotatable bonds is 9. The number of nitrogens with zero attached hydrogens (tertiary/aromatic N) is 3. The van der Waals surface area contributed by atoms with Crippen molar-refractivity contribution in [3.05, 3.63) is 42.7 Å². The molecule has 1 aliphatic heterocycles. The number of amides is 1. The number of piperidine rings is 1. The van der Waals surface area contributed by atoms with Gasteiger partial charge in [-0.2, -0.15) is 5.10 Å². The summed E-state index contributed by atoms with van der Waals surface area (Å²) >= 11 is 0. The summed E-state index contributed by atoms with van der Waals surface area (Å²) in [6.07, 6.45) is 7.85. The first kappa shape index (κ1) is 20.2. The molecule has 152 valence electrons. The molecule has 0 unspecified atom stereocenters. The van der Waals surface area contributed by atoms with Gasteiger partial charge in [-0.15, -0.1) is 0 Å². The third-order valence-corrected chi connectivity index (χ3v) is 5.82. The Bertz CT molecular complexity index is 844. The zero-order valence-electron chi connectivity index (χ0n) is 15.9. The summed E-state index contributed by atoms with van der Waals surface area (Å²) in [7, 11) is -3.75. The van der Waals surface area contributed by atoms with E-state index in [0.29, 0.717) is 25.2 Å². The van der Waals surface area contributed by atoms with Crippen LogP contribution in [-0.4, -0.2) is 49.5 Å². The molecule has 1 aromatic carbocycles. The number of carbonyl (C=O) groups is 1. The number of anilines is 2. The molecule has 0 saturated carbocycles. The number of aromatic nitrogens is 2. The monoisotopic (exact) mass is 405 g/mol. The fourth-order valence-corrected chi connectivity index (χ4v) is 4.25. The van der Waals surface area contributed by atoms with Gasteiger partial charge in [0.15, 0.2) is 0 Å². The second kappa shape index (κ2) is 9.59. The standard InChI is InChI=1S/C19H27N5O3S/c25-19(20-10-4-14-24-15-5-11-21-24)16-28(26,27)22-17-6-8-18(9-7-17)23-12-2-1-3-13-23/h5-9,11,15,22H,1-4,10,12-14,16H2,(H,20,25). The van der Waals surface area contributed by atoms with Crippen molar-refractivity contribution < 1.29 is 13.2 Å². The molecule has 0 spiro atoms. The van der Waals surface area contributed by atoms with Gasteiger partial charge >= 0.3 is 0 Å². The minimum atomic E-state index is -3.75. The average molecular weight is 406 g/mol. The Morgan fingerprint density at radius 1 is 1.11 bits per heavy atom. The highest BCUT2D eigenvalue weighted by Crippen LogP contribution is 2.22. The van der Waals surface area contributed by atoms with E-state index in [-0.39, 0.29) is 0 Å². The zero-order valence-corrected chi connectivity index (χ0v) is 16.7. The fraction of sp³-hybridized carbons (Fsp3) is 0.474. The summed E-state index contributed by atoms with van der Waals surface area (Å²) in [6.45, 7) is 3.14. The number of carbonyl (C=O) groups excluding carboxylic acids is 1. The topological polar surface area (TPSA) is 96.3 Å². The van der Waals surface area contributed by atoms with Crippen LogP contribution in [0.2, 0.25) is 0 Å². The van der Waals surface area contributed by atoms with E-state index in [9.17, 15) is 13.2 Å². The third-order valence-electron chi connectivity index (χ3n) is 4.63. The fourth-order valence-electron chi connectivity index (χ4n) is 3.23. The number of sulfonamides is 1. The highest BCUT2D eigenvalue weighted by Gasteiger charge is 2.17. The van der Waals surface area contributed by atoms with Gasteiger partial charge in [0.05, 0.1) is 0 Å². The third kappa shape index (κ3) is 6.26. The molecule has 1 amide bonds. The summed E-state index contributed by atoms with van der Waals surface area (Å²) in [5.41, 5.74) is 1.56. The first-order chi connectivity index (χ1) is 13.5. The van der Waals surface area contributed by atoms with Gasteiger partial charge in [0.1, 0.15) is 5.75 Å². The molecule has 1 aromatic heterocycles. The van der Waals surface area contributed by atoms with E-state index in [4.69, 9.17) is 0 Å².